The molecule has 7 heteroatoms. The van der Waals surface area contributed by atoms with Crippen LogP contribution in [-0.2, 0) is 11.2 Å². The standard InChI is InChI=1S/C16H26N4O.2ClH/c1-11-13(12(2)20-19-11)4-3-7-18-15(21)14-10-16(14)5-8-17-9-6-16;;/h14,17H,3-10H2,1-2H3,(H,18,21)(H,19,20);2*1H. The van der Waals surface area contributed by atoms with Crippen molar-refractivity contribution in [1.29, 1.82) is 0 Å². The third kappa shape index (κ3) is 4.40. The molecule has 132 valence electrons. The minimum Gasteiger partial charge on any atom is -0.356 e. The minimum atomic E-state index is 0. The number of H-pyrrole nitrogens is 1. The highest BCUT2D eigenvalue weighted by Crippen LogP contribution is 2.58. The van der Waals surface area contributed by atoms with Crippen molar-refractivity contribution >= 4 is 30.7 Å². The maximum Gasteiger partial charge on any atom is 0.223 e. The van der Waals surface area contributed by atoms with Crippen LogP contribution in [0.3, 0.4) is 0 Å². The van der Waals surface area contributed by atoms with Crippen LogP contribution in [0.25, 0.3) is 0 Å². The van der Waals surface area contributed by atoms with E-state index >= 15 is 0 Å². The Kier molecular flexibility index (Phi) is 7.36. The molecule has 1 saturated heterocycles. The summed E-state index contributed by atoms with van der Waals surface area (Å²) in [6.07, 6.45) is 5.39. The molecule has 5 nitrogen and oxygen atoms in total. The molecule has 1 spiro atoms. The van der Waals surface area contributed by atoms with Gasteiger partial charge in [-0.3, -0.25) is 9.89 Å². The summed E-state index contributed by atoms with van der Waals surface area (Å²) >= 11 is 0. The summed E-state index contributed by atoms with van der Waals surface area (Å²) in [5.74, 6) is 0.550. The average Bonchev–Trinajstić information content (AvgIpc) is 3.08. The third-order valence-electron chi connectivity index (χ3n) is 5.29. The highest BCUT2D eigenvalue weighted by atomic mass is 35.5. The van der Waals surface area contributed by atoms with Gasteiger partial charge in [0.1, 0.15) is 0 Å². The van der Waals surface area contributed by atoms with E-state index in [-0.39, 0.29) is 36.6 Å². The summed E-state index contributed by atoms with van der Waals surface area (Å²) < 4.78 is 0. The van der Waals surface area contributed by atoms with Gasteiger partial charge in [0.15, 0.2) is 0 Å². The number of carbonyl (C=O) groups is 1. The second-order valence-electron chi connectivity index (χ2n) is 6.68. The number of hydrogen-bond donors (Lipinski definition) is 3. The predicted octanol–water partition coefficient (Wildman–Crippen LogP) is 2.31. The van der Waals surface area contributed by atoms with Gasteiger partial charge in [0.2, 0.25) is 5.91 Å². The first-order valence-corrected chi connectivity index (χ1v) is 8.11. The minimum absolute atomic E-state index is 0. The van der Waals surface area contributed by atoms with Gasteiger partial charge in [-0.2, -0.15) is 5.10 Å². The molecule has 1 aromatic rings. The van der Waals surface area contributed by atoms with Crippen molar-refractivity contribution < 1.29 is 4.79 Å². The molecule has 1 unspecified atom stereocenters. The van der Waals surface area contributed by atoms with Crippen LogP contribution in [0.1, 0.15) is 42.6 Å². The molecule has 0 radical (unpaired) electrons. The van der Waals surface area contributed by atoms with Crippen molar-refractivity contribution in [3.8, 4) is 0 Å². The van der Waals surface area contributed by atoms with Gasteiger partial charge in [-0.25, -0.2) is 0 Å². The highest BCUT2D eigenvalue weighted by molar-refractivity contribution is 5.85. The number of halogens is 2. The topological polar surface area (TPSA) is 69.8 Å². The Bertz CT molecular complexity index is 507. The quantitative estimate of drug-likeness (QED) is 0.703. The number of aromatic amines is 1. The summed E-state index contributed by atoms with van der Waals surface area (Å²) in [7, 11) is 0. The second-order valence-corrected chi connectivity index (χ2v) is 6.68. The van der Waals surface area contributed by atoms with Crippen LogP contribution in [0.15, 0.2) is 0 Å². The number of hydrogen-bond acceptors (Lipinski definition) is 3. The molecule has 3 N–H and O–H groups in total. The van der Waals surface area contributed by atoms with E-state index in [1.54, 1.807) is 0 Å². The fraction of sp³-hybridized carbons (Fsp3) is 0.750. The molecular weight excluding hydrogens is 335 g/mol. The lowest BCUT2D eigenvalue weighted by atomic mass is 9.92. The van der Waals surface area contributed by atoms with E-state index in [4.69, 9.17) is 0 Å². The molecule has 23 heavy (non-hydrogen) atoms. The maximum absolute atomic E-state index is 12.2. The molecule has 3 rings (SSSR count). The van der Waals surface area contributed by atoms with Crippen molar-refractivity contribution in [3.05, 3.63) is 17.0 Å². The van der Waals surface area contributed by atoms with Gasteiger partial charge < -0.3 is 10.6 Å². The highest BCUT2D eigenvalue weighted by Gasteiger charge is 2.57. The molecule has 0 bridgehead atoms. The van der Waals surface area contributed by atoms with Gasteiger partial charge in [0.05, 0.1) is 5.69 Å². The molecule has 1 amide bonds. The summed E-state index contributed by atoms with van der Waals surface area (Å²) in [5, 5.41) is 13.7. The number of rotatable bonds is 5. The average molecular weight is 363 g/mol. The molecule has 2 aliphatic rings. The normalized spacial score (nSPS) is 21.2. The van der Waals surface area contributed by atoms with Crippen molar-refractivity contribution in [3.63, 3.8) is 0 Å². The van der Waals surface area contributed by atoms with Crippen molar-refractivity contribution in [1.82, 2.24) is 20.8 Å². The zero-order chi connectivity index (χ0) is 14.9. The van der Waals surface area contributed by atoms with Gasteiger partial charge in [-0.05, 0) is 70.0 Å². The smallest absolute Gasteiger partial charge is 0.223 e. The predicted molar refractivity (Wildman–Crippen MR) is 96.5 cm³/mol. The first-order chi connectivity index (χ1) is 10.1. The zero-order valence-electron chi connectivity index (χ0n) is 13.9. The molecule has 2 heterocycles. The number of nitrogens with zero attached hydrogens (tertiary/aromatic N) is 1. The molecule has 1 aliphatic heterocycles. The van der Waals surface area contributed by atoms with Gasteiger partial charge in [0.25, 0.3) is 0 Å². The van der Waals surface area contributed by atoms with Crippen LogP contribution in [0.5, 0.6) is 0 Å². The zero-order valence-corrected chi connectivity index (χ0v) is 15.5. The summed E-state index contributed by atoms with van der Waals surface area (Å²) in [4.78, 5) is 12.2. The van der Waals surface area contributed by atoms with Crippen LogP contribution in [0, 0.1) is 25.2 Å². The van der Waals surface area contributed by atoms with Crippen molar-refractivity contribution in [2.75, 3.05) is 19.6 Å². The number of carbonyl (C=O) groups excluding carboxylic acids is 1. The number of nitrogens with one attached hydrogen (secondary N) is 3. The Balaban J connectivity index is 0.00000132. The molecule has 2 fully saturated rings. The lowest BCUT2D eigenvalue weighted by molar-refractivity contribution is -0.123. The Morgan fingerprint density at radius 2 is 2.00 bits per heavy atom. The first-order valence-electron chi connectivity index (χ1n) is 8.11. The van der Waals surface area contributed by atoms with E-state index in [2.05, 4.69) is 27.8 Å². The van der Waals surface area contributed by atoms with Crippen LogP contribution in [-0.4, -0.2) is 35.7 Å². The Labute approximate surface area is 150 Å². The lowest BCUT2D eigenvalue weighted by Gasteiger charge is -2.23. The molecule has 1 aliphatic carbocycles. The molecule has 0 aromatic carbocycles. The van der Waals surface area contributed by atoms with Crippen LogP contribution < -0.4 is 10.6 Å². The number of aromatic nitrogens is 2. The summed E-state index contributed by atoms with van der Waals surface area (Å²) in [6.45, 7) is 7.00. The van der Waals surface area contributed by atoms with E-state index in [1.807, 2.05) is 6.92 Å². The molecular formula is C16H28Cl2N4O. The Hall–Kier alpha value is -0.780. The van der Waals surface area contributed by atoms with E-state index in [0.717, 1.165) is 50.3 Å². The monoisotopic (exact) mass is 362 g/mol. The van der Waals surface area contributed by atoms with Crippen molar-refractivity contribution in [2.45, 2.75) is 46.0 Å². The van der Waals surface area contributed by atoms with Gasteiger partial charge >= 0.3 is 0 Å². The fourth-order valence-corrected chi connectivity index (χ4v) is 3.74. The fourth-order valence-electron chi connectivity index (χ4n) is 3.74. The number of aryl methyl sites for hydroxylation is 2. The maximum atomic E-state index is 12.2. The van der Waals surface area contributed by atoms with Crippen LogP contribution in [0.2, 0.25) is 0 Å². The Morgan fingerprint density at radius 3 is 2.61 bits per heavy atom. The van der Waals surface area contributed by atoms with Gasteiger partial charge in [-0.15, -0.1) is 24.8 Å². The van der Waals surface area contributed by atoms with Crippen LogP contribution >= 0.6 is 24.8 Å². The Morgan fingerprint density at radius 1 is 1.30 bits per heavy atom. The van der Waals surface area contributed by atoms with E-state index in [1.165, 1.54) is 18.4 Å². The molecule has 1 atom stereocenters. The van der Waals surface area contributed by atoms with Crippen LogP contribution in [0.4, 0.5) is 0 Å². The van der Waals surface area contributed by atoms with Gasteiger partial charge in [0, 0.05) is 18.2 Å². The lowest BCUT2D eigenvalue weighted by Crippen LogP contribution is -2.34. The SMILES string of the molecule is Cc1n[nH]c(C)c1CCCNC(=O)C1CC12CCNCC2.Cl.Cl. The summed E-state index contributed by atoms with van der Waals surface area (Å²) in [6, 6.07) is 0. The van der Waals surface area contributed by atoms with E-state index in [9.17, 15) is 4.79 Å². The number of amides is 1. The van der Waals surface area contributed by atoms with E-state index < -0.39 is 0 Å². The largest absolute Gasteiger partial charge is 0.356 e. The van der Waals surface area contributed by atoms with E-state index in [0.29, 0.717) is 5.41 Å². The summed E-state index contributed by atoms with van der Waals surface area (Å²) in [5.41, 5.74) is 3.86. The second kappa shape index (κ2) is 8.36. The first kappa shape index (κ1) is 20.3. The molecule has 1 aromatic heterocycles. The number of piperidine rings is 1. The third-order valence-corrected chi connectivity index (χ3v) is 5.29. The van der Waals surface area contributed by atoms with Crippen molar-refractivity contribution in [2.24, 2.45) is 11.3 Å². The van der Waals surface area contributed by atoms with Gasteiger partial charge in [-0.1, -0.05) is 0 Å². The molecule has 1 saturated carbocycles.